The molecule has 118 valence electrons. The molecule has 2 rings (SSSR count). The highest BCUT2D eigenvalue weighted by Gasteiger charge is 2.67. The van der Waals surface area contributed by atoms with Gasteiger partial charge in [-0.1, -0.05) is 20.8 Å². The number of hydrogen-bond acceptors (Lipinski definition) is 6. The van der Waals surface area contributed by atoms with Gasteiger partial charge in [0, 0.05) is 5.41 Å². The third-order valence-corrected chi connectivity index (χ3v) is 6.42. The lowest BCUT2D eigenvalue weighted by Crippen LogP contribution is -2.39. The Labute approximate surface area is 121 Å². The largest absolute Gasteiger partial charge is 0.267 e. The average molecular weight is 326 g/mol. The van der Waals surface area contributed by atoms with Crippen LogP contribution in [0, 0.1) is 16.7 Å². The molecule has 2 saturated carbocycles. The van der Waals surface area contributed by atoms with Crippen molar-refractivity contribution in [1.82, 2.24) is 0 Å². The normalized spacial score (nSPS) is 40.1. The van der Waals surface area contributed by atoms with E-state index in [1.165, 1.54) is 0 Å². The quantitative estimate of drug-likeness (QED) is 0.720. The van der Waals surface area contributed by atoms with Gasteiger partial charge in [-0.15, -0.1) is 0 Å². The van der Waals surface area contributed by atoms with Crippen molar-refractivity contribution in [2.75, 3.05) is 12.5 Å². The first-order valence-corrected chi connectivity index (χ1v) is 10.2. The number of fused-ring (bicyclic) bond motifs is 2. The predicted molar refractivity (Wildman–Crippen MR) is 74.0 cm³/mol. The van der Waals surface area contributed by atoms with Gasteiger partial charge in [0.2, 0.25) is 0 Å². The zero-order valence-corrected chi connectivity index (χ0v) is 14.0. The fourth-order valence-corrected chi connectivity index (χ4v) is 5.24. The van der Waals surface area contributed by atoms with E-state index in [0.29, 0.717) is 12.8 Å². The van der Waals surface area contributed by atoms with Crippen molar-refractivity contribution in [2.24, 2.45) is 16.7 Å². The van der Waals surface area contributed by atoms with Gasteiger partial charge in [-0.3, -0.25) is 8.37 Å². The van der Waals surface area contributed by atoms with Crippen LogP contribution < -0.4 is 0 Å². The van der Waals surface area contributed by atoms with Crippen LogP contribution in [0.25, 0.3) is 0 Å². The fraction of sp³-hybridized carbons (Fsp3) is 1.00. The molecule has 0 N–H and O–H groups in total. The molecule has 2 aliphatic rings. The molecule has 2 bridgehead atoms. The fourth-order valence-electron chi connectivity index (χ4n) is 3.88. The van der Waals surface area contributed by atoms with Crippen molar-refractivity contribution in [1.29, 1.82) is 0 Å². The first kappa shape index (κ1) is 16.2. The Kier molecular flexibility index (Phi) is 3.57. The summed E-state index contributed by atoms with van der Waals surface area (Å²) in [6, 6.07) is 0. The maximum Gasteiger partial charge on any atom is 0.264 e. The van der Waals surface area contributed by atoms with Crippen LogP contribution in [0.1, 0.15) is 33.6 Å². The smallest absolute Gasteiger partial charge is 0.264 e. The molecule has 0 spiro atoms. The van der Waals surface area contributed by atoms with Gasteiger partial charge in [0.05, 0.1) is 24.7 Å². The summed E-state index contributed by atoms with van der Waals surface area (Å²) in [5.74, 6) is -0.0334. The lowest BCUT2D eigenvalue weighted by Gasteiger charge is -2.38. The van der Waals surface area contributed by atoms with Crippen LogP contribution in [-0.2, 0) is 28.6 Å². The molecule has 4 atom stereocenters. The highest BCUT2D eigenvalue weighted by atomic mass is 32.2. The summed E-state index contributed by atoms with van der Waals surface area (Å²) in [7, 11) is -7.05. The van der Waals surface area contributed by atoms with Gasteiger partial charge < -0.3 is 0 Å². The predicted octanol–water partition coefficient (Wildman–Crippen LogP) is 1.13. The molecule has 0 saturated heterocycles. The molecular formula is C12H22O6S2. The van der Waals surface area contributed by atoms with Crippen molar-refractivity contribution >= 4 is 20.2 Å². The molecule has 2 fully saturated rings. The average Bonchev–Trinajstić information content (AvgIpc) is 2.43. The molecule has 0 aromatic heterocycles. The van der Waals surface area contributed by atoms with Crippen LogP contribution in [0.4, 0.5) is 0 Å². The zero-order valence-electron chi connectivity index (χ0n) is 12.4. The first-order chi connectivity index (χ1) is 8.76. The van der Waals surface area contributed by atoms with Gasteiger partial charge in [0.15, 0.2) is 0 Å². The minimum absolute atomic E-state index is 0.0334. The third kappa shape index (κ3) is 2.63. The van der Waals surface area contributed by atoms with Crippen LogP contribution in [0.5, 0.6) is 0 Å². The Morgan fingerprint density at radius 3 is 1.80 bits per heavy atom. The summed E-state index contributed by atoms with van der Waals surface area (Å²) in [5.41, 5.74) is -0.659. The second kappa shape index (κ2) is 4.41. The lowest BCUT2D eigenvalue weighted by atomic mass is 9.70. The second-order valence-corrected chi connectivity index (χ2v) is 10.0. The number of rotatable bonds is 4. The van der Waals surface area contributed by atoms with Crippen molar-refractivity contribution in [3.8, 4) is 0 Å². The van der Waals surface area contributed by atoms with Gasteiger partial charge in [-0.25, -0.2) is 0 Å². The highest BCUT2D eigenvalue weighted by molar-refractivity contribution is 7.86. The SMILES string of the molecule is CC1(C)[C@@H]2C[C@@H](OS(C)(=O)=O)[C@]1(C)C[C@@H]2OS(C)(=O)=O. The van der Waals surface area contributed by atoms with Crippen LogP contribution in [0.2, 0.25) is 0 Å². The van der Waals surface area contributed by atoms with Crippen LogP contribution in [0.3, 0.4) is 0 Å². The van der Waals surface area contributed by atoms with E-state index in [9.17, 15) is 16.8 Å². The van der Waals surface area contributed by atoms with Gasteiger partial charge in [-0.2, -0.15) is 16.8 Å². The first-order valence-electron chi connectivity index (χ1n) is 6.53. The Morgan fingerprint density at radius 1 is 0.950 bits per heavy atom. The summed E-state index contributed by atoms with van der Waals surface area (Å²) in [4.78, 5) is 0. The van der Waals surface area contributed by atoms with Crippen molar-refractivity contribution in [3.63, 3.8) is 0 Å². The Morgan fingerprint density at radius 2 is 1.45 bits per heavy atom. The molecular weight excluding hydrogens is 304 g/mol. The molecule has 0 heterocycles. The molecule has 0 aromatic carbocycles. The molecule has 0 aliphatic heterocycles. The molecule has 0 amide bonds. The Balaban J connectivity index is 2.28. The molecule has 2 aliphatic carbocycles. The highest BCUT2D eigenvalue weighted by Crippen LogP contribution is 2.67. The van der Waals surface area contributed by atoms with Gasteiger partial charge >= 0.3 is 0 Å². The maximum absolute atomic E-state index is 11.4. The van der Waals surface area contributed by atoms with E-state index in [2.05, 4.69) is 0 Å². The minimum Gasteiger partial charge on any atom is -0.267 e. The van der Waals surface area contributed by atoms with Crippen molar-refractivity contribution < 1.29 is 25.2 Å². The summed E-state index contributed by atoms with van der Waals surface area (Å²) < 4.78 is 55.8. The summed E-state index contributed by atoms with van der Waals surface area (Å²) >= 11 is 0. The monoisotopic (exact) mass is 326 g/mol. The van der Waals surface area contributed by atoms with E-state index in [0.717, 1.165) is 12.5 Å². The van der Waals surface area contributed by atoms with Gasteiger partial charge in [0.25, 0.3) is 20.2 Å². The molecule has 20 heavy (non-hydrogen) atoms. The minimum atomic E-state index is -3.53. The Bertz CT molecular complexity index is 606. The van der Waals surface area contributed by atoms with E-state index < -0.39 is 37.9 Å². The van der Waals surface area contributed by atoms with Crippen molar-refractivity contribution in [3.05, 3.63) is 0 Å². The van der Waals surface area contributed by atoms with Crippen LogP contribution in [0.15, 0.2) is 0 Å². The topological polar surface area (TPSA) is 86.7 Å². The van der Waals surface area contributed by atoms with E-state index in [1.807, 2.05) is 20.8 Å². The third-order valence-electron chi connectivity index (χ3n) is 5.24. The number of hydrogen-bond donors (Lipinski definition) is 0. The molecule has 6 nitrogen and oxygen atoms in total. The molecule has 0 unspecified atom stereocenters. The standard InChI is InChI=1S/C12H22O6S2/c1-11(2)8-6-10(18-20(5,15)16)12(11,3)7-9(8)17-19(4,13)14/h8-10H,6-7H2,1-5H3/t8-,9+,10-,12+/m1/s1. The second-order valence-electron chi connectivity index (χ2n) is 6.81. The summed E-state index contributed by atoms with van der Waals surface area (Å²) in [5, 5.41) is 0. The van der Waals surface area contributed by atoms with E-state index in [1.54, 1.807) is 0 Å². The molecule has 8 heteroatoms. The Hall–Kier alpha value is -0.180. The van der Waals surface area contributed by atoms with Gasteiger partial charge in [-0.05, 0) is 24.2 Å². The van der Waals surface area contributed by atoms with Gasteiger partial charge in [0.1, 0.15) is 0 Å². The summed E-state index contributed by atoms with van der Waals surface area (Å²) in [6.45, 7) is 6.00. The molecule has 0 radical (unpaired) electrons. The van der Waals surface area contributed by atoms with Crippen LogP contribution in [-0.4, -0.2) is 41.6 Å². The molecule has 0 aromatic rings. The maximum atomic E-state index is 11.4. The lowest BCUT2D eigenvalue weighted by molar-refractivity contribution is 0.0198. The zero-order chi connectivity index (χ0) is 15.6. The van der Waals surface area contributed by atoms with E-state index in [4.69, 9.17) is 8.37 Å². The van der Waals surface area contributed by atoms with Crippen LogP contribution >= 0.6 is 0 Å². The van der Waals surface area contributed by atoms with E-state index >= 15 is 0 Å². The summed E-state index contributed by atoms with van der Waals surface area (Å²) in [6.07, 6.45) is 2.24. The van der Waals surface area contributed by atoms with Crippen molar-refractivity contribution in [2.45, 2.75) is 45.8 Å². The van der Waals surface area contributed by atoms with E-state index in [-0.39, 0.29) is 11.3 Å².